The number of piperazine rings is 1. The van der Waals surface area contributed by atoms with Crippen molar-refractivity contribution >= 4 is 35.0 Å². The number of hydrogen-bond acceptors (Lipinski definition) is 5. The van der Waals surface area contributed by atoms with Crippen molar-refractivity contribution in [1.29, 1.82) is 0 Å². The number of rotatable bonds is 3. The van der Waals surface area contributed by atoms with Gasteiger partial charge in [-0.3, -0.25) is 0 Å². The molecule has 0 bridgehead atoms. The molecule has 0 spiro atoms. The number of carbonyl (C=O) groups is 1. The van der Waals surface area contributed by atoms with Crippen molar-refractivity contribution in [2.45, 2.75) is 26.7 Å². The number of benzene rings is 1. The number of halogens is 1. The first kappa shape index (κ1) is 19.8. The van der Waals surface area contributed by atoms with E-state index in [4.69, 9.17) is 11.6 Å². The van der Waals surface area contributed by atoms with E-state index in [1.54, 1.807) is 6.07 Å². The summed E-state index contributed by atoms with van der Waals surface area (Å²) in [4.78, 5) is 28.3. The molecule has 0 saturated carbocycles. The number of aromatic nitrogens is 2. The number of urea groups is 1. The highest BCUT2D eigenvalue weighted by molar-refractivity contribution is 6.31. The zero-order valence-electron chi connectivity index (χ0n) is 17.0. The molecule has 2 saturated heterocycles. The van der Waals surface area contributed by atoms with Gasteiger partial charge in [0.1, 0.15) is 17.5 Å². The molecule has 0 aliphatic carbocycles. The molecule has 0 unspecified atom stereocenters. The minimum atomic E-state index is -0.0911. The zero-order valence-corrected chi connectivity index (χ0v) is 17.7. The molecule has 2 amide bonds. The molecule has 8 heteroatoms. The van der Waals surface area contributed by atoms with E-state index < -0.39 is 0 Å². The Morgan fingerprint density at radius 1 is 0.931 bits per heavy atom. The molecule has 7 nitrogen and oxygen atoms in total. The highest BCUT2D eigenvalue weighted by atomic mass is 35.5. The number of aryl methyl sites for hydroxylation is 2. The van der Waals surface area contributed by atoms with Gasteiger partial charge in [0, 0.05) is 56.0 Å². The summed E-state index contributed by atoms with van der Waals surface area (Å²) >= 11 is 6.06. The lowest BCUT2D eigenvalue weighted by atomic mass is 10.2. The smallest absolute Gasteiger partial charge is 0.321 e. The third-order valence-electron chi connectivity index (χ3n) is 5.57. The van der Waals surface area contributed by atoms with Crippen molar-refractivity contribution < 1.29 is 4.79 Å². The fourth-order valence-electron chi connectivity index (χ4n) is 3.87. The van der Waals surface area contributed by atoms with E-state index in [1.165, 1.54) is 12.8 Å². The van der Waals surface area contributed by atoms with Crippen molar-refractivity contribution in [3.63, 3.8) is 0 Å². The molecule has 4 rings (SSSR count). The maximum Gasteiger partial charge on any atom is 0.321 e. The van der Waals surface area contributed by atoms with E-state index in [9.17, 15) is 4.79 Å². The first-order valence-electron chi connectivity index (χ1n) is 10.2. The normalized spacial score (nSPS) is 17.0. The molecule has 2 fully saturated rings. The summed E-state index contributed by atoms with van der Waals surface area (Å²) in [5.41, 5.74) is 1.75. The predicted octanol–water partition coefficient (Wildman–Crippen LogP) is 3.70. The van der Waals surface area contributed by atoms with Crippen LogP contribution in [0.15, 0.2) is 24.3 Å². The van der Waals surface area contributed by atoms with Crippen LogP contribution in [0, 0.1) is 13.8 Å². The Bertz CT molecular complexity index is 891. The third kappa shape index (κ3) is 4.56. The highest BCUT2D eigenvalue weighted by Gasteiger charge is 2.24. The third-order valence-corrected chi connectivity index (χ3v) is 5.81. The fraction of sp³-hybridized carbons (Fsp3) is 0.476. The van der Waals surface area contributed by atoms with E-state index in [2.05, 4.69) is 31.2 Å². The molecule has 154 valence electrons. The molecule has 3 heterocycles. The molecule has 2 aliphatic heterocycles. The number of amides is 2. The van der Waals surface area contributed by atoms with Crippen LogP contribution in [0.25, 0.3) is 0 Å². The molecule has 2 aromatic rings. The van der Waals surface area contributed by atoms with Gasteiger partial charge in [0.2, 0.25) is 0 Å². The Balaban J connectivity index is 1.39. The first-order chi connectivity index (χ1) is 14.0. The summed E-state index contributed by atoms with van der Waals surface area (Å²) in [6, 6.07) is 7.51. The van der Waals surface area contributed by atoms with Crippen LogP contribution in [0.5, 0.6) is 0 Å². The van der Waals surface area contributed by atoms with Crippen LogP contribution in [0.2, 0.25) is 5.02 Å². The van der Waals surface area contributed by atoms with Crippen LogP contribution in [0.1, 0.15) is 24.2 Å². The van der Waals surface area contributed by atoms with Gasteiger partial charge >= 0.3 is 6.03 Å². The van der Waals surface area contributed by atoms with Gasteiger partial charge in [0.15, 0.2) is 0 Å². The van der Waals surface area contributed by atoms with Gasteiger partial charge < -0.3 is 20.0 Å². The minimum Gasteiger partial charge on any atom is -0.356 e. The van der Waals surface area contributed by atoms with Crippen molar-refractivity contribution in [3.8, 4) is 0 Å². The maximum absolute atomic E-state index is 12.7. The van der Waals surface area contributed by atoms with Crippen LogP contribution in [0.3, 0.4) is 0 Å². The summed E-state index contributed by atoms with van der Waals surface area (Å²) in [5, 5.41) is 3.60. The van der Waals surface area contributed by atoms with E-state index in [0.29, 0.717) is 18.1 Å². The summed E-state index contributed by atoms with van der Waals surface area (Å²) in [7, 11) is 0. The van der Waals surface area contributed by atoms with E-state index in [0.717, 1.165) is 54.9 Å². The van der Waals surface area contributed by atoms with Crippen LogP contribution in [0.4, 0.5) is 22.1 Å². The van der Waals surface area contributed by atoms with Gasteiger partial charge in [-0.05, 0) is 44.4 Å². The lowest BCUT2D eigenvalue weighted by Crippen LogP contribution is -2.50. The Hall–Kier alpha value is -2.54. The fourth-order valence-corrected chi connectivity index (χ4v) is 4.04. The van der Waals surface area contributed by atoms with E-state index in [1.807, 2.05) is 30.9 Å². The zero-order chi connectivity index (χ0) is 20.4. The van der Waals surface area contributed by atoms with Crippen LogP contribution in [-0.4, -0.2) is 60.2 Å². The van der Waals surface area contributed by atoms with Gasteiger partial charge in [-0.15, -0.1) is 0 Å². The summed E-state index contributed by atoms with van der Waals surface area (Å²) in [5.74, 6) is 2.76. The second-order valence-corrected chi connectivity index (χ2v) is 8.13. The average Bonchev–Trinajstić information content (AvgIpc) is 3.25. The van der Waals surface area contributed by atoms with Crippen LogP contribution < -0.4 is 15.1 Å². The Labute approximate surface area is 176 Å². The average molecular weight is 415 g/mol. The van der Waals surface area contributed by atoms with E-state index in [-0.39, 0.29) is 6.03 Å². The Morgan fingerprint density at radius 3 is 2.21 bits per heavy atom. The lowest BCUT2D eigenvalue weighted by molar-refractivity contribution is 0.208. The number of anilines is 3. The molecule has 1 aromatic carbocycles. The quantitative estimate of drug-likeness (QED) is 0.829. The minimum absolute atomic E-state index is 0.0911. The maximum atomic E-state index is 12.7. The van der Waals surface area contributed by atoms with Gasteiger partial charge in [-0.2, -0.15) is 0 Å². The molecule has 0 atom stereocenters. The van der Waals surface area contributed by atoms with Gasteiger partial charge in [0.25, 0.3) is 0 Å². The molecule has 0 radical (unpaired) electrons. The number of nitrogens with zero attached hydrogens (tertiary/aromatic N) is 5. The van der Waals surface area contributed by atoms with Crippen LogP contribution in [-0.2, 0) is 0 Å². The molecular weight excluding hydrogens is 388 g/mol. The summed E-state index contributed by atoms with van der Waals surface area (Å²) in [6.07, 6.45) is 2.44. The second-order valence-electron chi connectivity index (χ2n) is 7.69. The number of hydrogen-bond donors (Lipinski definition) is 1. The molecule has 29 heavy (non-hydrogen) atoms. The van der Waals surface area contributed by atoms with Crippen molar-refractivity contribution in [2.24, 2.45) is 0 Å². The van der Waals surface area contributed by atoms with E-state index >= 15 is 0 Å². The molecular formula is C21H27ClN6O. The number of nitrogens with one attached hydrogen (secondary N) is 1. The van der Waals surface area contributed by atoms with Gasteiger partial charge in [-0.25, -0.2) is 14.8 Å². The molecule has 1 N–H and O–H groups in total. The van der Waals surface area contributed by atoms with Crippen molar-refractivity contribution in [2.75, 3.05) is 54.4 Å². The predicted molar refractivity (Wildman–Crippen MR) is 117 cm³/mol. The standard InChI is InChI=1S/C21H27ClN6O/c1-15-5-6-17(22)13-18(15)25-21(29)28-11-9-27(10-12-28)20-14-19(23-16(2)24-20)26-7-3-4-8-26/h5-6,13-14H,3-4,7-12H2,1-2H3,(H,25,29). The highest BCUT2D eigenvalue weighted by Crippen LogP contribution is 2.24. The van der Waals surface area contributed by atoms with Crippen LogP contribution >= 0.6 is 11.6 Å². The lowest BCUT2D eigenvalue weighted by Gasteiger charge is -2.35. The molecule has 1 aromatic heterocycles. The first-order valence-corrected chi connectivity index (χ1v) is 10.5. The Kier molecular flexibility index (Phi) is 5.76. The largest absolute Gasteiger partial charge is 0.356 e. The summed E-state index contributed by atoms with van der Waals surface area (Å²) in [6.45, 7) is 8.82. The molecule has 2 aliphatic rings. The van der Waals surface area contributed by atoms with Crippen molar-refractivity contribution in [1.82, 2.24) is 14.9 Å². The SMILES string of the molecule is Cc1nc(N2CCCC2)cc(N2CCN(C(=O)Nc3cc(Cl)ccc3C)CC2)n1. The Morgan fingerprint density at radius 2 is 1.55 bits per heavy atom. The topological polar surface area (TPSA) is 64.6 Å². The van der Waals surface area contributed by atoms with Gasteiger partial charge in [-0.1, -0.05) is 17.7 Å². The number of carbonyl (C=O) groups excluding carboxylic acids is 1. The second kappa shape index (κ2) is 8.45. The van der Waals surface area contributed by atoms with Crippen molar-refractivity contribution in [3.05, 3.63) is 40.7 Å². The van der Waals surface area contributed by atoms with Gasteiger partial charge in [0.05, 0.1) is 0 Å². The summed E-state index contributed by atoms with van der Waals surface area (Å²) < 4.78 is 0. The monoisotopic (exact) mass is 414 g/mol.